The summed E-state index contributed by atoms with van der Waals surface area (Å²) in [5.74, 6) is 0. The molecule has 1 N–H and O–H groups in total. The Morgan fingerprint density at radius 1 is 0.765 bits per heavy atom. The molecule has 1 aliphatic rings. The van der Waals surface area contributed by atoms with Gasteiger partial charge in [-0.1, -0.05) is 24.3 Å². The molecule has 0 saturated heterocycles. The molecule has 1 aliphatic heterocycles. The molecule has 0 aliphatic carbocycles. The van der Waals surface area contributed by atoms with E-state index >= 15 is 0 Å². The smallest absolute Gasteiger partial charge is 0.161 e. The van der Waals surface area contributed by atoms with E-state index < -0.39 is 0 Å². The minimum atomic E-state index is 0. The zero-order chi connectivity index (χ0) is 11.2. The van der Waals surface area contributed by atoms with Crippen molar-refractivity contribution in [1.29, 1.82) is 0 Å². The molecule has 88 valence electrons. The Morgan fingerprint density at radius 3 is 1.65 bits per heavy atom. The second kappa shape index (κ2) is 4.17. The normalized spacial score (nSPS) is 14.9. The van der Waals surface area contributed by atoms with E-state index in [2.05, 4.69) is 67.9 Å². The third-order valence-corrected chi connectivity index (χ3v) is 3.28. The van der Waals surface area contributed by atoms with Crippen molar-refractivity contribution in [2.24, 2.45) is 0 Å². The van der Waals surface area contributed by atoms with Gasteiger partial charge in [0.2, 0.25) is 0 Å². The first-order chi connectivity index (χ1) is 7.69. The number of nitrogens with zero attached hydrogens (tertiary/aromatic N) is 1. The molecule has 0 bridgehead atoms. The Bertz CT molecular complexity index is 502. The maximum absolute atomic E-state index is 3.48. The molecule has 3 rings (SSSR count). The van der Waals surface area contributed by atoms with Gasteiger partial charge in [0.1, 0.15) is 11.4 Å². The van der Waals surface area contributed by atoms with Crippen molar-refractivity contribution in [2.45, 2.75) is 0 Å². The van der Waals surface area contributed by atoms with E-state index in [0.717, 1.165) is 4.48 Å². The SMILES string of the molecule is C[N+]1(C)c2ccccc2Nc2ccccc21.[Br-]. The lowest BCUT2D eigenvalue weighted by molar-refractivity contribution is -0.00000322. The molecule has 0 atom stereocenters. The highest BCUT2D eigenvalue weighted by Gasteiger charge is 2.32. The second-order valence-corrected chi connectivity index (χ2v) is 4.61. The largest absolute Gasteiger partial charge is 1.00 e. The van der Waals surface area contributed by atoms with Gasteiger partial charge in [0.25, 0.3) is 0 Å². The minimum Gasteiger partial charge on any atom is -1.00 e. The summed E-state index contributed by atoms with van der Waals surface area (Å²) >= 11 is 0. The summed E-state index contributed by atoms with van der Waals surface area (Å²) in [6.45, 7) is 0. The number of para-hydroxylation sites is 4. The first-order valence-corrected chi connectivity index (χ1v) is 5.50. The van der Waals surface area contributed by atoms with Crippen molar-refractivity contribution in [3.8, 4) is 0 Å². The van der Waals surface area contributed by atoms with Crippen LogP contribution in [0.15, 0.2) is 48.5 Å². The zero-order valence-electron chi connectivity index (χ0n) is 9.94. The first kappa shape index (κ1) is 12.1. The maximum atomic E-state index is 3.48. The van der Waals surface area contributed by atoms with E-state index in [1.165, 1.54) is 22.7 Å². The van der Waals surface area contributed by atoms with Gasteiger partial charge in [0.05, 0.1) is 14.1 Å². The molecule has 2 nitrogen and oxygen atoms in total. The molecule has 0 radical (unpaired) electrons. The molecule has 17 heavy (non-hydrogen) atoms. The lowest BCUT2D eigenvalue weighted by Gasteiger charge is -2.36. The third kappa shape index (κ3) is 1.75. The van der Waals surface area contributed by atoms with Crippen LogP contribution in [0, 0.1) is 0 Å². The van der Waals surface area contributed by atoms with E-state index in [9.17, 15) is 0 Å². The molecule has 0 aromatic heterocycles. The quantitative estimate of drug-likeness (QED) is 0.703. The number of quaternary nitrogens is 1. The molecule has 0 saturated carbocycles. The van der Waals surface area contributed by atoms with Crippen LogP contribution in [0.3, 0.4) is 0 Å². The van der Waals surface area contributed by atoms with Gasteiger partial charge in [-0.15, -0.1) is 0 Å². The summed E-state index contributed by atoms with van der Waals surface area (Å²) < 4.78 is 0.791. The number of halogens is 1. The fourth-order valence-electron chi connectivity index (χ4n) is 2.41. The Hall–Kier alpha value is -1.32. The number of anilines is 2. The van der Waals surface area contributed by atoms with Crippen LogP contribution in [0.1, 0.15) is 0 Å². The monoisotopic (exact) mass is 290 g/mol. The van der Waals surface area contributed by atoms with Crippen LogP contribution in [0.25, 0.3) is 0 Å². The van der Waals surface area contributed by atoms with Crippen molar-refractivity contribution in [3.05, 3.63) is 48.5 Å². The molecule has 1 heterocycles. The van der Waals surface area contributed by atoms with Gasteiger partial charge >= 0.3 is 0 Å². The van der Waals surface area contributed by atoms with Gasteiger partial charge in [-0.05, 0) is 12.1 Å². The van der Waals surface area contributed by atoms with Crippen LogP contribution in [0.4, 0.5) is 22.7 Å². The molecule has 0 fully saturated rings. The number of fused-ring (bicyclic) bond motifs is 2. The molecular formula is C14H15BrN2. The Balaban J connectivity index is 0.00000108. The molecular weight excluding hydrogens is 276 g/mol. The fraction of sp³-hybridized carbons (Fsp3) is 0.143. The van der Waals surface area contributed by atoms with Crippen molar-refractivity contribution < 1.29 is 17.0 Å². The predicted molar refractivity (Wildman–Crippen MR) is 69.5 cm³/mol. The van der Waals surface area contributed by atoms with E-state index in [-0.39, 0.29) is 17.0 Å². The zero-order valence-corrected chi connectivity index (χ0v) is 11.5. The molecule has 0 unspecified atom stereocenters. The topological polar surface area (TPSA) is 12.0 Å². The van der Waals surface area contributed by atoms with E-state index in [4.69, 9.17) is 0 Å². The summed E-state index contributed by atoms with van der Waals surface area (Å²) in [5, 5.41) is 3.48. The highest BCUT2D eigenvalue weighted by atomic mass is 79.9. The minimum absolute atomic E-state index is 0. The van der Waals surface area contributed by atoms with Crippen molar-refractivity contribution in [3.63, 3.8) is 0 Å². The lowest BCUT2D eigenvalue weighted by atomic mass is 10.1. The summed E-state index contributed by atoms with van der Waals surface area (Å²) in [6.07, 6.45) is 0. The Kier molecular flexibility index (Phi) is 2.98. The first-order valence-electron chi connectivity index (χ1n) is 5.50. The lowest BCUT2D eigenvalue weighted by Crippen LogP contribution is -3.00. The van der Waals surface area contributed by atoms with Crippen LogP contribution in [-0.2, 0) is 0 Å². The summed E-state index contributed by atoms with van der Waals surface area (Å²) in [5.41, 5.74) is 5.01. The van der Waals surface area contributed by atoms with Gasteiger partial charge in [0.15, 0.2) is 11.4 Å². The van der Waals surface area contributed by atoms with E-state index in [0.29, 0.717) is 0 Å². The standard InChI is InChI=1S/C14H15N2.BrH/c1-16(2)13-9-5-3-7-11(13)15-12-8-4-6-10-14(12)16;/h3-10,15H,1-2H3;1H/q+1;/p-1. The van der Waals surface area contributed by atoms with Crippen LogP contribution < -0.4 is 26.8 Å². The van der Waals surface area contributed by atoms with Gasteiger partial charge in [-0.25, -0.2) is 0 Å². The number of hydrogen-bond donors (Lipinski definition) is 1. The highest BCUT2D eigenvalue weighted by molar-refractivity contribution is 5.88. The number of nitrogens with one attached hydrogen (secondary N) is 1. The van der Waals surface area contributed by atoms with E-state index in [1.807, 2.05) is 0 Å². The molecule has 0 amide bonds. The molecule has 0 spiro atoms. The van der Waals surface area contributed by atoms with Crippen LogP contribution in [-0.4, -0.2) is 14.1 Å². The van der Waals surface area contributed by atoms with Gasteiger partial charge in [0, 0.05) is 12.1 Å². The number of hydrogen-bond acceptors (Lipinski definition) is 1. The van der Waals surface area contributed by atoms with Crippen LogP contribution in [0.5, 0.6) is 0 Å². The van der Waals surface area contributed by atoms with Gasteiger partial charge in [-0.2, -0.15) is 0 Å². The van der Waals surface area contributed by atoms with E-state index in [1.54, 1.807) is 0 Å². The second-order valence-electron chi connectivity index (χ2n) is 4.61. The van der Waals surface area contributed by atoms with Crippen molar-refractivity contribution in [1.82, 2.24) is 4.48 Å². The maximum Gasteiger partial charge on any atom is 0.161 e. The average Bonchev–Trinajstić information content (AvgIpc) is 2.29. The number of benzene rings is 2. The van der Waals surface area contributed by atoms with Gasteiger partial charge < -0.3 is 22.3 Å². The predicted octanol–water partition coefficient (Wildman–Crippen LogP) is 0.646. The van der Waals surface area contributed by atoms with Crippen LogP contribution in [0.2, 0.25) is 0 Å². The highest BCUT2D eigenvalue weighted by Crippen LogP contribution is 2.46. The summed E-state index contributed by atoms with van der Waals surface area (Å²) in [4.78, 5) is 0. The van der Waals surface area contributed by atoms with Crippen molar-refractivity contribution >= 4 is 22.7 Å². The fourth-order valence-corrected chi connectivity index (χ4v) is 2.41. The molecule has 2 aromatic rings. The Morgan fingerprint density at radius 2 is 1.18 bits per heavy atom. The van der Waals surface area contributed by atoms with Crippen LogP contribution >= 0.6 is 0 Å². The summed E-state index contributed by atoms with van der Waals surface area (Å²) in [7, 11) is 4.44. The molecule has 3 heteroatoms. The van der Waals surface area contributed by atoms with Crippen molar-refractivity contribution in [2.75, 3.05) is 19.4 Å². The van der Waals surface area contributed by atoms with Gasteiger partial charge in [-0.3, -0.25) is 4.48 Å². The Labute approximate surface area is 112 Å². The third-order valence-electron chi connectivity index (χ3n) is 3.28. The number of rotatable bonds is 0. The summed E-state index contributed by atoms with van der Waals surface area (Å²) in [6, 6.07) is 16.9. The average molecular weight is 291 g/mol. The molecule has 2 aromatic carbocycles.